The maximum Gasteiger partial charge on any atom is 0.338 e. The van der Waals surface area contributed by atoms with Crippen molar-refractivity contribution in [2.24, 2.45) is 0 Å². The van der Waals surface area contributed by atoms with Crippen molar-refractivity contribution < 1.29 is 12.6 Å². The van der Waals surface area contributed by atoms with Crippen LogP contribution in [0.3, 0.4) is 0 Å². The van der Waals surface area contributed by atoms with Crippen LogP contribution in [0.25, 0.3) is 0 Å². The summed E-state index contributed by atoms with van der Waals surface area (Å²) in [5, 5.41) is 0. The van der Waals surface area contributed by atoms with Crippen molar-refractivity contribution in [2.75, 3.05) is 0 Å². The molecule has 0 aliphatic carbocycles. The zero-order valence-corrected chi connectivity index (χ0v) is 19.7. The van der Waals surface area contributed by atoms with Gasteiger partial charge >= 0.3 is 10.1 Å². The van der Waals surface area contributed by atoms with Crippen LogP contribution in [0, 0.1) is 6.92 Å². The highest BCUT2D eigenvalue weighted by molar-refractivity contribution is 7.86. The van der Waals surface area contributed by atoms with Crippen molar-refractivity contribution in [3.8, 4) is 0 Å². The lowest BCUT2D eigenvalue weighted by molar-refractivity contribution is 0.381. The molecular formula is C25H42O3S. The van der Waals surface area contributed by atoms with Crippen LogP contribution in [0.1, 0.15) is 109 Å². The lowest BCUT2D eigenvalue weighted by Gasteiger charge is -2.11. The van der Waals surface area contributed by atoms with E-state index in [9.17, 15) is 8.42 Å². The Morgan fingerprint density at radius 3 is 1.90 bits per heavy atom. The lowest BCUT2D eigenvalue weighted by Crippen LogP contribution is -2.07. The van der Waals surface area contributed by atoms with Crippen molar-refractivity contribution in [3.05, 3.63) is 41.7 Å². The molecule has 4 heteroatoms. The zero-order valence-electron chi connectivity index (χ0n) is 18.9. The van der Waals surface area contributed by atoms with E-state index in [0.29, 0.717) is 12.2 Å². The predicted octanol–water partition coefficient (Wildman–Crippen LogP) is 8.09. The molecule has 0 aliphatic rings. The number of allylic oxidation sites excluding steroid dienone is 2. The number of rotatable bonds is 17. The van der Waals surface area contributed by atoms with Gasteiger partial charge in [-0.2, -0.15) is 8.42 Å². The van der Waals surface area contributed by atoms with Gasteiger partial charge in [0.1, 0.15) is 10.7 Å². The Labute approximate surface area is 180 Å². The standard InChI is InChI=1S/C25H42O3S/c1-4-6-8-10-12-14-16-18-24(17-15-13-11-9-7-5-2)28-29(26,27)25-21-19-23(3)20-22-25/h18-22H,4-17H2,1-3H3/b24-18-. The van der Waals surface area contributed by atoms with Crippen LogP contribution >= 0.6 is 0 Å². The van der Waals surface area contributed by atoms with E-state index in [1.54, 1.807) is 12.1 Å². The predicted molar refractivity (Wildman–Crippen MR) is 124 cm³/mol. The maximum atomic E-state index is 12.7. The summed E-state index contributed by atoms with van der Waals surface area (Å²) in [7, 11) is -3.75. The molecule has 0 radical (unpaired) electrons. The summed E-state index contributed by atoms with van der Waals surface area (Å²) in [5.41, 5.74) is 1.04. The average molecular weight is 423 g/mol. The Bertz CT molecular complexity index is 660. The highest BCUT2D eigenvalue weighted by Crippen LogP contribution is 2.22. The first-order chi connectivity index (χ1) is 14.0. The minimum atomic E-state index is -3.75. The fraction of sp³-hybridized carbons (Fsp3) is 0.680. The van der Waals surface area contributed by atoms with E-state index >= 15 is 0 Å². The van der Waals surface area contributed by atoms with Gasteiger partial charge in [-0.1, -0.05) is 95.8 Å². The van der Waals surface area contributed by atoms with Crippen molar-refractivity contribution >= 4 is 10.1 Å². The molecule has 0 spiro atoms. The third-order valence-corrected chi connectivity index (χ3v) is 6.52. The van der Waals surface area contributed by atoms with Crippen LogP contribution < -0.4 is 0 Å². The van der Waals surface area contributed by atoms with E-state index in [1.165, 1.54) is 57.8 Å². The van der Waals surface area contributed by atoms with Gasteiger partial charge in [0.25, 0.3) is 0 Å². The van der Waals surface area contributed by atoms with Crippen LogP contribution in [0.4, 0.5) is 0 Å². The van der Waals surface area contributed by atoms with Gasteiger partial charge in [-0.3, -0.25) is 0 Å². The molecule has 0 heterocycles. The quantitative estimate of drug-likeness (QED) is 0.145. The number of unbranched alkanes of at least 4 members (excludes halogenated alkanes) is 11. The van der Waals surface area contributed by atoms with E-state index in [1.807, 2.05) is 25.1 Å². The second kappa shape index (κ2) is 15.5. The summed E-state index contributed by atoms with van der Waals surface area (Å²) in [6.07, 6.45) is 18.1. The molecule has 1 aromatic rings. The molecular weight excluding hydrogens is 380 g/mol. The summed E-state index contributed by atoms with van der Waals surface area (Å²) in [6, 6.07) is 6.87. The van der Waals surface area contributed by atoms with Crippen molar-refractivity contribution in [3.63, 3.8) is 0 Å². The van der Waals surface area contributed by atoms with Crippen LogP contribution in [-0.2, 0) is 14.3 Å². The molecule has 1 rings (SSSR count). The monoisotopic (exact) mass is 422 g/mol. The van der Waals surface area contributed by atoms with Gasteiger partial charge in [0.15, 0.2) is 0 Å². The molecule has 0 unspecified atom stereocenters. The fourth-order valence-corrected chi connectivity index (χ4v) is 4.34. The first-order valence-electron chi connectivity index (χ1n) is 11.7. The average Bonchev–Trinajstić information content (AvgIpc) is 2.69. The molecule has 0 amide bonds. The Balaban J connectivity index is 2.60. The van der Waals surface area contributed by atoms with Crippen LogP contribution in [-0.4, -0.2) is 8.42 Å². The molecule has 0 N–H and O–H groups in total. The summed E-state index contributed by atoms with van der Waals surface area (Å²) >= 11 is 0. The SMILES string of the molecule is CCCCCCCC/C=C(/CCCCCCCC)OS(=O)(=O)c1ccc(C)cc1. The molecule has 0 atom stereocenters. The minimum Gasteiger partial charge on any atom is -0.384 e. The van der Waals surface area contributed by atoms with Gasteiger partial charge in [-0.05, 0) is 44.4 Å². The zero-order chi connectivity index (χ0) is 21.4. The largest absolute Gasteiger partial charge is 0.384 e. The van der Waals surface area contributed by atoms with Gasteiger partial charge in [0.05, 0.1) is 0 Å². The van der Waals surface area contributed by atoms with E-state index in [0.717, 1.165) is 31.2 Å². The molecule has 0 saturated heterocycles. The van der Waals surface area contributed by atoms with E-state index in [-0.39, 0.29) is 4.90 Å². The van der Waals surface area contributed by atoms with Gasteiger partial charge in [0.2, 0.25) is 0 Å². The summed E-state index contributed by atoms with van der Waals surface area (Å²) in [6.45, 7) is 6.39. The number of hydrogen-bond acceptors (Lipinski definition) is 3. The molecule has 0 aromatic heterocycles. The Kier molecular flexibility index (Phi) is 13.8. The Morgan fingerprint density at radius 1 is 0.793 bits per heavy atom. The maximum absolute atomic E-state index is 12.7. The molecule has 166 valence electrons. The third-order valence-electron chi connectivity index (χ3n) is 5.23. The first-order valence-corrected chi connectivity index (χ1v) is 13.1. The molecule has 0 bridgehead atoms. The molecule has 3 nitrogen and oxygen atoms in total. The van der Waals surface area contributed by atoms with Crippen LogP contribution in [0.2, 0.25) is 0 Å². The number of benzene rings is 1. The van der Waals surface area contributed by atoms with E-state index in [2.05, 4.69) is 13.8 Å². The van der Waals surface area contributed by atoms with Crippen molar-refractivity contribution in [1.82, 2.24) is 0 Å². The lowest BCUT2D eigenvalue weighted by atomic mass is 10.1. The van der Waals surface area contributed by atoms with E-state index in [4.69, 9.17) is 4.18 Å². The van der Waals surface area contributed by atoms with Gasteiger partial charge < -0.3 is 4.18 Å². The Hall–Kier alpha value is -1.29. The number of hydrogen-bond donors (Lipinski definition) is 0. The highest BCUT2D eigenvalue weighted by atomic mass is 32.2. The van der Waals surface area contributed by atoms with E-state index < -0.39 is 10.1 Å². The molecule has 0 saturated carbocycles. The van der Waals surface area contributed by atoms with Crippen molar-refractivity contribution in [1.29, 1.82) is 0 Å². The summed E-state index contributed by atoms with van der Waals surface area (Å²) in [4.78, 5) is 0.233. The van der Waals surface area contributed by atoms with Gasteiger partial charge in [0, 0.05) is 6.42 Å². The normalized spacial score (nSPS) is 12.3. The highest BCUT2D eigenvalue weighted by Gasteiger charge is 2.17. The first kappa shape index (κ1) is 25.7. The van der Waals surface area contributed by atoms with Crippen molar-refractivity contribution in [2.45, 2.75) is 116 Å². The summed E-state index contributed by atoms with van der Waals surface area (Å²) < 4.78 is 30.9. The molecule has 29 heavy (non-hydrogen) atoms. The van der Waals surface area contributed by atoms with Crippen LogP contribution in [0.5, 0.6) is 0 Å². The second-order valence-corrected chi connectivity index (χ2v) is 9.64. The molecule has 0 fully saturated rings. The fourth-order valence-electron chi connectivity index (χ4n) is 3.34. The summed E-state index contributed by atoms with van der Waals surface area (Å²) in [5.74, 6) is 0.620. The smallest absolute Gasteiger partial charge is 0.338 e. The van der Waals surface area contributed by atoms with Gasteiger partial charge in [-0.15, -0.1) is 0 Å². The molecule has 0 aliphatic heterocycles. The van der Waals surface area contributed by atoms with Gasteiger partial charge in [-0.25, -0.2) is 0 Å². The number of aryl methyl sites for hydroxylation is 1. The third kappa shape index (κ3) is 12.1. The topological polar surface area (TPSA) is 43.4 Å². The second-order valence-electron chi connectivity index (χ2n) is 8.10. The Morgan fingerprint density at radius 2 is 1.31 bits per heavy atom. The van der Waals surface area contributed by atoms with Crippen LogP contribution in [0.15, 0.2) is 41.0 Å². The minimum absolute atomic E-state index is 0.233. The molecule has 1 aromatic carbocycles.